The van der Waals surface area contributed by atoms with Crippen molar-refractivity contribution in [3.8, 4) is 11.4 Å². The molecule has 1 saturated heterocycles. The van der Waals surface area contributed by atoms with E-state index in [4.69, 9.17) is 21.7 Å². The number of nitrogens with one attached hydrogen (secondary N) is 1. The van der Waals surface area contributed by atoms with Gasteiger partial charge in [0.05, 0.1) is 37.2 Å². The molecule has 0 unspecified atom stereocenters. The zero-order valence-corrected chi connectivity index (χ0v) is 20.1. The van der Waals surface area contributed by atoms with Gasteiger partial charge in [-0.1, -0.05) is 18.2 Å². The second-order valence-electron chi connectivity index (χ2n) is 8.01. The zero-order valence-electron chi connectivity index (χ0n) is 19.3. The van der Waals surface area contributed by atoms with Crippen molar-refractivity contribution >= 4 is 29.0 Å². The molecule has 1 aliphatic heterocycles. The minimum atomic E-state index is -0.395. The van der Waals surface area contributed by atoms with Crippen LogP contribution in [-0.4, -0.2) is 34.9 Å². The van der Waals surface area contributed by atoms with E-state index in [1.165, 1.54) is 7.11 Å². The summed E-state index contributed by atoms with van der Waals surface area (Å²) in [6, 6.07) is 24.6. The average Bonchev–Trinajstić information content (AvgIpc) is 3.53. The van der Waals surface area contributed by atoms with E-state index in [1.54, 1.807) is 19.4 Å². The van der Waals surface area contributed by atoms with Crippen molar-refractivity contribution in [2.24, 2.45) is 0 Å². The molecule has 0 aliphatic carbocycles. The lowest BCUT2D eigenvalue weighted by atomic mass is 10.0. The number of nitrogens with zero attached hydrogens (tertiary/aromatic N) is 3. The first-order chi connectivity index (χ1) is 17.1. The first kappa shape index (κ1) is 22.6. The predicted octanol–water partition coefficient (Wildman–Crippen LogP) is 4.84. The second-order valence-corrected chi connectivity index (χ2v) is 8.39. The number of carbonyl (C=O) groups excluding carboxylic acids is 1. The van der Waals surface area contributed by atoms with E-state index in [9.17, 15) is 4.79 Å². The highest BCUT2D eigenvalue weighted by Gasteiger charge is 2.42. The van der Waals surface area contributed by atoms with Gasteiger partial charge in [-0.25, -0.2) is 4.79 Å². The number of hydrogen-bond donors (Lipinski definition) is 1. The van der Waals surface area contributed by atoms with Crippen molar-refractivity contribution in [3.05, 3.63) is 108 Å². The summed E-state index contributed by atoms with van der Waals surface area (Å²) in [5.74, 6) is 0.369. The van der Waals surface area contributed by atoms with Crippen LogP contribution < -0.4 is 15.0 Å². The van der Waals surface area contributed by atoms with Crippen LogP contribution in [0.25, 0.3) is 5.69 Å². The third-order valence-electron chi connectivity index (χ3n) is 6.10. The number of pyridine rings is 1. The molecule has 2 atom stereocenters. The third-order valence-corrected chi connectivity index (χ3v) is 6.42. The summed E-state index contributed by atoms with van der Waals surface area (Å²) in [4.78, 5) is 19.2. The quantitative estimate of drug-likeness (QED) is 0.310. The predicted molar refractivity (Wildman–Crippen MR) is 138 cm³/mol. The van der Waals surface area contributed by atoms with E-state index in [1.807, 2.05) is 83.6 Å². The Bertz CT molecular complexity index is 1350. The molecule has 0 radical (unpaired) electrons. The van der Waals surface area contributed by atoms with Gasteiger partial charge in [0.15, 0.2) is 5.11 Å². The van der Waals surface area contributed by atoms with Gasteiger partial charge in [-0.3, -0.25) is 4.98 Å². The van der Waals surface area contributed by atoms with Gasteiger partial charge in [0.2, 0.25) is 0 Å². The van der Waals surface area contributed by atoms with Gasteiger partial charge in [0, 0.05) is 23.8 Å². The third kappa shape index (κ3) is 4.13. The van der Waals surface area contributed by atoms with Crippen LogP contribution in [0.15, 0.2) is 91.3 Å². The van der Waals surface area contributed by atoms with Gasteiger partial charge in [-0.15, -0.1) is 0 Å². The zero-order chi connectivity index (χ0) is 24.4. The van der Waals surface area contributed by atoms with Gasteiger partial charge in [-0.05, 0) is 72.9 Å². The number of para-hydroxylation sites is 1. The number of ether oxygens (including phenoxy) is 2. The fraction of sp³-hybridized carbons (Fsp3) is 0.148. The molecule has 35 heavy (non-hydrogen) atoms. The molecule has 0 spiro atoms. The number of rotatable bonds is 6. The highest BCUT2D eigenvalue weighted by molar-refractivity contribution is 7.80. The number of esters is 1. The lowest BCUT2D eigenvalue weighted by molar-refractivity contribution is 0.0600. The van der Waals surface area contributed by atoms with Crippen LogP contribution in [0.4, 0.5) is 5.69 Å². The average molecular weight is 485 g/mol. The summed E-state index contributed by atoms with van der Waals surface area (Å²) in [6.45, 7) is 0. The molecule has 5 rings (SSSR count). The largest absolute Gasteiger partial charge is 0.497 e. The van der Waals surface area contributed by atoms with E-state index < -0.39 is 5.97 Å². The molecule has 0 bridgehead atoms. The topological polar surface area (TPSA) is 68.6 Å². The van der Waals surface area contributed by atoms with Crippen molar-refractivity contribution in [1.29, 1.82) is 0 Å². The van der Waals surface area contributed by atoms with Crippen LogP contribution in [0.1, 0.15) is 33.8 Å². The Kier molecular flexibility index (Phi) is 6.20. The summed E-state index contributed by atoms with van der Waals surface area (Å²) in [5, 5.41) is 4.06. The van der Waals surface area contributed by atoms with Gasteiger partial charge < -0.3 is 24.3 Å². The fourth-order valence-corrected chi connectivity index (χ4v) is 4.84. The molecule has 1 N–H and O–H groups in total. The van der Waals surface area contributed by atoms with Crippen molar-refractivity contribution in [1.82, 2.24) is 14.9 Å². The van der Waals surface area contributed by atoms with Gasteiger partial charge in [0.1, 0.15) is 11.8 Å². The van der Waals surface area contributed by atoms with Gasteiger partial charge in [0.25, 0.3) is 0 Å². The Morgan fingerprint density at radius 3 is 2.46 bits per heavy atom. The maximum absolute atomic E-state index is 12.5. The highest BCUT2D eigenvalue weighted by atomic mass is 32.1. The van der Waals surface area contributed by atoms with E-state index >= 15 is 0 Å². The lowest BCUT2D eigenvalue weighted by Gasteiger charge is -2.29. The molecule has 0 saturated carbocycles. The molecular formula is C27H24N4O3S. The van der Waals surface area contributed by atoms with E-state index in [-0.39, 0.29) is 12.1 Å². The highest BCUT2D eigenvalue weighted by Crippen LogP contribution is 2.42. The Morgan fingerprint density at radius 1 is 0.971 bits per heavy atom. The summed E-state index contributed by atoms with van der Waals surface area (Å²) in [7, 11) is 3.03. The maximum atomic E-state index is 12.5. The first-order valence-electron chi connectivity index (χ1n) is 11.1. The second kappa shape index (κ2) is 9.60. The van der Waals surface area contributed by atoms with Crippen LogP contribution in [-0.2, 0) is 4.74 Å². The summed E-state index contributed by atoms with van der Waals surface area (Å²) >= 11 is 5.83. The Balaban J connectivity index is 1.67. The van der Waals surface area contributed by atoms with E-state index in [2.05, 4.69) is 15.2 Å². The van der Waals surface area contributed by atoms with E-state index in [0.717, 1.165) is 28.5 Å². The molecule has 8 heteroatoms. The SMILES string of the molecule is COC(=O)c1ccccc1-n1cccc1[C@@H]1[C@@H](c2ccccn2)NC(=S)N1c1ccc(OC)cc1. The lowest BCUT2D eigenvalue weighted by Crippen LogP contribution is -2.30. The van der Waals surface area contributed by atoms with Crippen LogP contribution in [0.5, 0.6) is 5.75 Å². The maximum Gasteiger partial charge on any atom is 0.339 e. The summed E-state index contributed by atoms with van der Waals surface area (Å²) in [5.41, 5.74) is 3.93. The number of aromatic nitrogens is 2. The molecular weight excluding hydrogens is 460 g/mol. The minimum Gasteiger partial charge on any atom is -0.497 e. The smallest absolute Gasteiger partial charge is 0.339 e. The molecule has 2 aromatic carbocycles. The number of carbonyl (C=O) groups is 1. The number of anilines is 1. The first-order valence-corrected chi connectivity index (χ1v) is 11.5. The van der Waals surface area contributed by atoms with Crippen molar-refractivity contribution in [2.45, 2.75) is 12.1 Å². The molecule has 1 aliphatic rings. The monoisotopic (exact) mass is 484 g/mol. The molecule has 176 valence electrons. The molecule has 4 aromatic rings. The number of methoxy groups -OCH3 is 2. The molecule has 7 nitrogen and oxygen atoms in total. The van der Waals surface area contributed by atoms with Crippen LogP contribution in [0.3, 0.4) is 0 Å². The van der Waals surface area contributed by atoms with Crippen LogP contribution >= 0.6 is 12.2 Å². The van der Waals surface area contributed by atoms with Gasteiger partial charge >= 0.3 is 5.97 Å². The Hall–Kier alpha value is -4.17. The van der Waals surface area contributed by atoms with Gasteiger partial charge in [-0.2, -0.15) is 0 Å². The number of benzene rings is 2. The van der Waals surface area contributed by atoms with Crippen LogP contribution in [0, 0.1) is 0 Å². The summed E-state index contributed by atoms with van der Waals surface area (Å²) < 4.78 is 12.4. The van der Waals surface area contributed by atoms with Crippen molar-refractivity contribution < 1.29 is 14.3 Å². The number of hydrogen-bond acceptors (Lipinski definition) is 5. The number of thiocarbonyl (C=S) groups is 1. The molecule has 1 fully saturated rings. The fourth-order valence-electron chi connectivity index (χ4n) is 4.50. The Labute approximate surface area is 208 Å². The molecule has 2 aromatic heterocycles. The normalized spacial score (nSPS) is 17.2. The summed E-state index contributed by atoms with van der Waals surface area (Å²) in [6.07, 6.45) is 3.72. The van der Waals surface area contributed by atoms with Crippen molar-refractivity contribution in [2.75, 3.05) is 19.1 Å². The van der Waals surface area contributed by atoms with Crippen LogP contribution in [0.2, 0.25) is 0 Å². The molecule has 3 heterocycles. The molecule has 0 amide bonds. The Morgan fingerprint density at radius 2 is 1.74 bits per heavy atom. The van der Waals surface area contributed by atoms with E-state index in [0.29, 0.717) is 10.7 Å². The standard InChI is InChI=1S/C27H24N4O3S/c1-33-19-14-12-18(13-15-19)31-25(24(29-27(31)35)21-9-5-6-16-28-21)23-11-7-17-30(23)22-10-4-3-8-20(22)26(32)34-2/h3-17,24-25H,1-2H3,(H,29,35)/t24-,25-/m1/s1. The van der Waals surface area contributed by atoms with Crippen molar-refractivity contribution in [3.63, 3.8) is 0 Å². The minimum absolute atomic E-state index is 0.218.